The lowest BCUT2D eigenvalue weighted by Crippen LogP contribution is -2.39. The Bertz CT molecular complexity index is 487. The van der Waals surface area contributed by atoms with Crippen molar-refractivity contribution in [3.05, 3.63) is 23.8 Å². The topological polar surface area (TPSA) is 78.9 Å². The van der Waals surface area contributed by atoms with E-state index in [0.717, 1.165) is 6.42 Å². The third-order valence-corrected chi connectivity index (χ3v) is 2.71. The maximum absolute atomic E-state index is 11.7. The molecule has 0 saturated carbocycles. The molecule has 0 bridgehead atoms. The van der Waals surface area contributed by atoms with Gasteiger partial charge >= 0.3 is 0 Å². The van der Waals surface area contributed by atoms with Gasteiger partial charge in [0.15, 0.2) is 6.61 Å². The van der Waals surface area contributed by atoms with Gasteiger partial charge in [0, 0.05) is 12.1 Å². The highest BCUT2D eigenvalue weighted by Crippen LogP contribution is 2.33. The number of nitrogens with one attached hydrogen (secondary N) is 1. The molecule has 2 rings (SSSR count). The first-order valence-corrected chi connectivity index (χ1v) is 5.69. The molecule has 0 aromatic heterocycles. The number of benzene rings is 1. The number of hydrogen-bond acceptors (Lipinski definition) is 4. The number of nitrogens with zero attached hydrogens (tertiary/aromatic N) is 1. The van der Waals surface area contributed by atoms with Gasteiger partial charge in [0.1, 0.15) is 5.75 Å². The predicted molar refractivity (Wildman–Crippen MR) is 63.8 cm³/mol. The molecule has 2 amide bonds. The SMILES string of the molecule is CCCN1C(=O)COc2ccc(C(=O)NO)cc21. The third kappa shape index (κ3) is 2.14. The van der Waals surface area contributed by atoms with E-state index in [1.165, 1.54) is 12.1 Å². The summed E-state index contributed by atoms with van der Waals surface area (Å²) in [5, 5.41) is 8.60. The normalized spacial score (nSPS) is 13.9. The molecule has 0 aliphatic carbocycles. The van der Waals surface area contributed by atoms with Crippen LogP contribution in [-0.4, -0.2) is 30.2 Å². The zero-order chi connectivity index (χ0) is 13.1. The lowest BCUT2D eigenvalue weighted by molar-refractivity contribution is -0.121. The number of hydrogen-bond donors (Lipinski definition) is 2. The monoisotopic (exact) mass is 250 g/mol. The van der Waals surface area contributed by atoms with Gasteiger partial charge in [0.2, 0.25) is 0 Å². The van der Waals surface area contributed by atoms with Crippen LogP contribution in [0.2, 0.25) is 0 Å². The van der Waals surface area contributed by atoms with Crippen LogP contribution in [0.5, 0.6) is 5.75 Å². The van der Waals surface area contributed by atoms with E-state index < -0.39 is 5.91 Å². The Morgan fingerprint density at radius 2 is 2.33 bits per heavy atom. The Kier molecular flexibility index (Phi) is 3.47. The molecular formula is C12H14N2O4. The third-order valence-electron chi connectivity index (χ3n) is 2.71. The van der Waals surface area contributed by atoms with Gasteiger partial charge in [-0.1, -0.05) is 6.92 Å². The van der Waals surface area contributed by atoms with Crippen molar-refractivity contribution in [1.82, 2.24) is 5.48 Å². The Balaban J connectivity index is 2.41. The highest BCUT2D eigenvalue weighted by atomic mass is 16.5. The summed E-state index contributed by atoms with van der Waals surface area (Å²) < 4.78 is 5.30. The van der Waals surface area contributed by atoms with Crippen molar-refractivity contribution >= 4 is 17.5 Å². The summed E-state index contributed by atoms with van der Waals surface area (Å²) in [5.74, 6) is -0.185. The second-order valence-corrected chi connectivity index (χ2v) is 3.96. The van der Waals surface area contributed by atoms with Crippen LogP contribution in [-0.2, 0) is 4.79 Å². The minimum absolute atomic E-state index is 0.0124. The van der Waals surface area contributed by atoms with E-state index in [-0.39, 0.29) is 18.1 Å². The molecule has 1 aliphatic rings. The standard InChI is InChI=1S/C12H14N2O4/c1-2-5-14-9-6-8(12(16)13-17)3-4-10(9)18-7-11(14)15/h3-4,6,17H,2,5,7H2,1H3,(H,13,16). The minimum Gasteiger partial charge on any atom is -0.482 e. The van der Waals surface area contributed by atoms with Crippen LogP contribution in [0.15, 0.2) is 18.2 Å². The maximum Gasteiger partial charge on any atom is 0.274 e. The van der Waals surface area contributed by atoms with Gasteiger partial charge in [-0.3, -0.25) is 14.8 Å². The first kappa shape index (κ1) is 12.4. The lowest BCUT2D eigenvalue weighted by atomic mass is 10.1. The molecule has 0 atom stereocenters. The fraction of sp³-hybridized carbons (Fsp3) is 0.333. The summed E-state index contributed by atoms with van der Waals surface area (Å²) in [4.78, 5) is 24.7. The van der Waals surface area contributed by atoms with Crippen molar-refractivity contribution in [3.8, 4) is 5.75 Å². The van der Waals surface area contributed by atoms with E-state index in [1.807, 2.05) is 6.92 Å². The van der Waals surface area contributed by atoms with Gasteiger partial charge in [-0.2, -0.15) is 0 Å². The van der Waals surface area contributed by atoms with Crippen molar-refractivity contribution in [2.24, 2.45) is 0 Å². The van der Waals surface area contributed by atoms with Crippen LogP contribution in [0.1, 0.15) is 23.7 Å². The van der Waals surface area contributed by atoms with Crippen molar-refractivity contribution in [2.45, 2.75) is 13.3 Å². The first-order valence-electron chi connectivity index (χ1n) is 5.69. The molecule has 1 aromatic rings. The number of rotatable bonds is 3. The molecule has 18 heavy (non-hydrogen) atoms. The second-order valence-electron chi connectivity index (χ2n) is 3.96. The number of amides is 2. The lowest BCUT2D eigenvalue weighted by Gasteiger charge is -2.29. The molecule has 1 aromatic carbocycles. The van der Waals surface area contributed by atoms with Gasteiger partial charge in [-0.15, -0.1) is 0 Å². The number of hydroxylamine groups is 1. The van der Waals surface area contributed by atoms with E-state index in [1.54, 1.807) is 16.4 Å². The Morgan fingerprint density at radius 3 is 3.00 bits per heavy atom. The van der Waals surface area contributed by atoms with Gasteiger partial charge in [-0.05, 0) is 24.6 Å². The van der Waals surface area contributed by atoms with Gasteiger partial charge < -0.3 is 9.64 Å². The fourth-order valence-corrected chi connectivity index (χ4v) is 1.88. The molecule has 1 aliphatic heterocycles. The van der Waals surface area contributed by atoms with Crippen LogP contribution in [0.3, 0.4) is 0 Å². The first-order chi connectivity index (χ1) is 8.67. The summed E-state index contributed by atoms with van der Waals surface area (Å²) in [6, 6.07) is 4.69. The summed E-state index contributed by atoms with van der Waals surface area (Å²) >= 11 is 0. The zero-order valence-corrected chi connectivity index (χ0v) is 9.97. The van der Waals surface area contributed by atoms with Gasteiger partial charge in [0.25, 0.3) is 11.8 Å². The summed E-state index contributed by atoms with van der Waals surface area (Å²) in [6.45, 7) is 2.55. The molecule has 1 heterocycles. The second kappa shape index (κ2) is 5.05. The van der Waals surface area contributed by atoms with Crippen molar-refractivity contribution in [2.75, 3.05) is 18.1 Å². The quantitative estimate of drug-likeness (QED) is 0.618. The molecule has 0 spiro atoms. The summed E-state index contributed by atoms with van der Waals surface area (Å²) in [6.07, 6.45) is 0.807. The van der Waals surface area contributed by atoms with Crippen LogP contribution in [0.25, 0.3) is 0 Å². The van der Waals surface area contributed by atoms with E-state index in [0.29, 0.717) is 18.0 Å². The van der Waals surface area contributed by atoms with E-state index >= 15 is 0 Å². The largest absolute Gasteiger partial charge is 0.482 e. The van der Waals surface area contributed by atoms with E-state index in [4.69, 9.17) is 9.94 Å². The number of fused-ring (bicyclic) bond motifs is 1. The average molecular weight is 250 g/mol. The highest BCUT2D eigenvalue weighted by molar-refractivity contribution is 6.01. The molecular weight excluding hydrogens is 236 g/mol. The number of carbonyl (C=O) groups excluding carboxylic acids is 2. The maximum atomic E-state index is 11.7. The van der Waals surface area contributed by atoms with Crippen molar-refractivity contribution < 1.29 is 19.5 Å². The zero-order valence-electron chi connectivity index (χ0n) is 9.97. The summed E-state index contributed by atoms with van der Waals surface area (Å²) in [5.41, 5.74) is 2.40. The Morgan fingerprint density at radius 1 is 1.56 bits per heavy atom. The van der Waals surface area contributed by atoms with Crippen molar-refractivity contribution in [1.29, 1.82) is 0 Å². The molecule has 0 radical (unpaired) electrons. The van der Waals surface area contributed by atoms with Crippen LogP contribution >= 0.6 is 0 Å². The molecule has 0 fully saturated rings. The Hall–Kier alpha value is -2.08. The predicted octanol–water partition coefficient (Wildman–Crippen LogP) is 0.941. The van der Waals surface area contributed by atoms with Crippen LogP contribution < -0.4 is 15.1 Å². The van der Waals surface area contributed by atoms with Gasteiger partial charge in [-0.25, -0.2) is 5.48 Å². The Labute approximate surface area is 104 Å². The van der Waals surface area contributed by atoms with E-state index in [9.17, 15) is 9.59 Å². The molecule has 0 unspecified atom stereocenters. The van der Waals surface area contributed by atoms with Crippen LogP contribution in [0, 0.1) is 0 Å². The smallest absolute Gasteiger partial charge is 0.274 e. The molecule has 2 N–H and O–H groups in total. The summed E-state index contributed by atoms with van der Waals surface area (Å²) in [7, 11) is 0. The van der Waals surface area contributed by atoms with Crippen LogP contribution in [0.4, 0.5) is 5.69 Å². The molecule has 6 nitrogen and oxygen atoms in total. The highest BCUT2D eigenvalue weighted by Gasteiger charge is 2.25. The minimum atomic E-state index is -0.618. The van der Waals surface area contributed by atoms with Gasteiger partial charge in [0.05, 0.1) is 5.69 Å². The number of anilines is 1. The average Bonchev–Trinajstić information content (AvgIpc) is 2.40. The van der Waals surface area contributed by atoms with Crippen molar-refractivity contribution in [3.63, 3.8) is 0 Å². The molecule has 96 valence electrons. The number of carbonyl (C=O) groups is 2. The van der Waals surface area contributed by atoms with E-state index in [2.05, 4.69) is 0 Å². The molecule has 6 heteroatoms. The number of ether oxygens (including phenoxy) is 1. The molecule has 0 saturated heterocycles. The fourth-order valence-electron chi connectivity index (χ4n) is 1.88.